The van der Waals surface area contributed by atoms with Crippen LogP contribution < -0.4 is 15.0 Å². The van der Waals surface area contributed by atoms with Gasteiger partial charge in [0, 0.05) is 6.07 Å². The molecule has 0 atom stereocenters. The SMILES string of the molecule is COc1cc(/C=C2\C(=O)NC(=O)N(c3cc(C(F)(F)F)ccc3Cl)C2=O)cc([N+](=O)[O-])c1O. The lowest BCUT2D eigenvalue weighted by molar-refractivity contribution is -0.386. The van der Waals surface area contributed by atoms with Crippen molar-refractivity contribution in [2.45, 2.75) is 6.18 Å². The summed E-state index contributed by atoms with van der Waals surface area (Å²) in [6.07, 6.45) is -3.97. The predicted molar refractivity (Wildman–Crippen MR) is 107 cm³/mol. The largest absolute Gasteiger partial charge is 0.500 e. The lowest BCUT2D eigenvalue weighted by Crippen LogP contribution is -2.54. The third-order valence-corrected chi connectivity index (χ3v) is 4.74. The molecule has 2 aromatic carbocycles. The smallest absolute Gasteiger partial charge is 0.416 e. The van der Waals surface area contributed by atoms with Crippen molar-refractivity contribution in [3.63, 3.8) is 0 Å². The van der Waals surface area contributed by atoms with Crippen molar-refractivity contribution in [3.8, 4) is 11.5 Å². The van der Waals surface area contributed by atoms with Crippen LogP contribution in [0.2, 0.25) is 5.02 Å². The van der Waals surface area contributed by atoms with Gasteiger partial charge in [0.2, 0.25) is 5.75 Å². The number of amides is 4. The van der Waals surface area contributed by atoms with Crippen LogP contribution in [-0.2, 0) is 15.8 Å². The number of nitro groups is 1. The highest BCUT2D eigenvalue weighted by atomic mass is 35.5. The molecule has 0 bridgehead atoms. The van der Waals surface area contributed by atoms with Crippen LogP contribution in [0.3, 0.4) is 0 Å². The fourth-order valence-electron chi connectivity index (χ4n) is 2.90. The second kappa shape index (κ2) is 8.43. The Bertz CT molecular complexity index is 1240. The van der Waals surface area contributed by atoms with E-state index in [9.17, 15) is 42.8 Å². The highest BCUT2D eigenvalue weighted by Gasteiger charge is 2.39. The fraction of sp³-hybridized carbons (Fsp3) is 0.105. The zero-order chi connectivity index (χ0) is 24.7. The molecule has 2 aromatic rings. The minimum absolute atomic E-state index is 0.153. The molecule has 33 heavy (non-hydrogen) atoms. The molecule has 0 aliphatic carbocycles. The van der Waals surface area contributed by atoms with E-state index in [1.165, 1.54) is 0 Å². The first-order valence-corrected chi connectivity index (χ1v) is 9.06. The number of ether oxygens (including phenoxy) is 1. The molecule has 1 aliphatic rings. The van der Waals surface area contributed by atoms with Gasteiger partial charge >= 0.3 is 17.9 Å². The molecule has 14 heteroatoms. The molecule has 0 saturated carbocycles. The number of phenolic OH excluding ortho intramolecular Hbond substituents is 1. The van der Waals surface area contributed by atoms with E-state index in [4.69, 9.17) is 16.3 Å². The third kappa shape index (κ3) is 4.43. The Kier molecular flexibility index (Phi) is 6.01. The van der Waals surface area contributed by atoms with Gasteiger partial charge in [0.05, 0.1) is 28.3 Å². The Balaban J connectivity index is 2.13. The molecule has 1 saturated heterocycles. The first kappa shape index (κ1) is 23.5. The predicted octanol–water partition coefficient (Wildman–Crippen LogP) is 3.65. The van der Waals surface area contributed by atoms with Gasteiger partial charge in [-0.25, -0.2) is 9.69 Å². The van der Waals surface area contributed by atoms with Gasteiger partial charge in [0.1, 0.15) is 5.57 Å². The summed E-state index contributed by atoms with van der Waals surface area (Å²) in [6.45, 7) is 0. The van der Waals surface area contributed by atoms with Gasteiger partial charge in [-0.15, -0.1) is 0 Å². The molecule has 4 amide bonds. The zero-order valence-corrected chi connectivity index (χ0v) is 17.0. The van der Waals surface area contributed by atoms with Crippen LogP contribution in [0.25, 0.3) is 6.08 Å². The number of carbonyl (C=O) groups excluding carboxylic acids is 3. The molecule has 172 valence electrons. The van der Waals surface area contributed by atoms with Gasteiger partial charge in [0.25, 0.3) is 11.8 Å². The van der Waals surface area contributed by atoms with Crippen LogP contribution in [0.1, 0.15) is 11.1 Å². The van der Waals surface area contributed by atoms with Gasteiger partial charge in [-0.05, 0) is 35.9 Å². The summed E-state index contributed by atoms with van der Waals surface area (Å²) in [4.78, 5) is 47.9. The van der Waals surface area contributed by atoms with E-state index < -0.39 is 57.2 Å². The van der Waals surface area contributed by atoms with Gasteiger partial charge in [-0.2, -0.15) is 13.2 Å². The fourth-order valence-corrected chi connectivity index (χ4v) is 3.10. The number of anilines is 1. The number of hydrogen-bond donors (Lipinski definition) is 2. The topological polar surface area (TPSA) is 139 Å². The van der Waals surface area contributed by atoms with Crippen molar-refractivity contribution in [2.75, 3.05) is 12.0 Å². The summed E-state index contributed by atoms with van der Waals surface area (Å²) in [7, 11) is 1.10. The Labute approximate surface area is 187 Å². The Morgan fingerprint density at radius 2 is 1.88 bits per heavy atom. The molecule has 0 unspecified atom stereocenters. The number of nitro benzene ring substituents is 1. The highest BCUT2D eigenvalue weighted by molar-refractivity contribution is 6.42. The number of carbonyl (C=O) groups is 3. The minimum atomic E-state index is -4.81. The maximum Gasteiger partial charge on any atom is 0.416 e. The number of barbiturate groups is 1. The van der Waals surface area contributed by atoms with Crippen LogP contribution >= 0.6 is 11.6 Å². The van der Waals surface area contributed by atoms with E-state index in [-0.39, 0.29) is 21.2 Å². The summed E-state index contributed by atoms with van der Waals surface area (Å²) in [5, 5.41) is 22.4. The van der Waals surface area contributed by atoms with E-state index in [0.29, 0.717) is 12.1 Å². The van der Waals surface area contributed by atoms with Gasteiger partial charge in [-0.1, -0.05) is 11.6 Å². The van der Waals surface area contributed by atoms with Crippen molar-refractivity contribution in [1.82, 2.24) is 5.32 Å². The molecule has 3 rings (SSSR count). The number of alkyl halides is 3. The second-order valence-corrected chi connectivity index (χ2v) is 6.88. The number of urea groups is 1. The molecule has 0 spiro atoms. The number of hydrogen-bond acceptors (Lipinski definition) is 7. The first-order chi connectivity index (χ1) is 15.3. The van der Waals surface area contributed by atoms with Crippen LogP contribution in [0.4, 0.5) is 29.3 Å². The number of methoxy groups -OCH3 is 1. The van der Waals surface area contributed by atoms with E-state index in [0.717, 1.165) is 31.4 Å². The van der Waals surface area contributed by atoms with Crippen LogP contribution in [-0.4, -0.2) is 35.0 Å². The molecular weight excluding hydrogens is 475 g/mol. The molecule has 0 aromatic heterocycles. The molecule has 10 nitrogen and oxygen atoms in total. The lowest BCUT2D eigenvalue weighted by Gasteiger charge is -2.27. The van der Waals surface area contributed by atoms with Crippen molar-refractivity contribution in [1.29, 1.82) is 0 Å². The van der Waals surface area contributed by atoms with E-state index >= 15 is 0 Å². The van der Waals surface area contributed by atoms with Crippen molar-refractivity contribution < 1.29 is 42.3 Å². The van der Waals surface area contributed by atoms with E-state index in [1.54, 1.807) is 5.32 Å². The Morgan fingerprint density at radius 1 is 1.21 bits per heavy atom. The number of imide groups is 2. The second-order valence-electron chi connectivity index (χ2n) is 6.47. The normalized spacial score (nSPS) is 15.6. The average Bonchev–Trinajstić information content (AvgIpc) is 2.72. The molecule has 1 fully saturated rings. The molecule has 0 radical (unpaired) electrons. The van der Waals surface area contributed by atoms with Crippen LogP contribution in [0.5, 0.6) is 11.5 Å². The summed E-state index contributed by atoms with van der Waals surface area (Å²) >= 11 is 5.90. The Morgan fingerprint density at radius 3 is 2.45 bits per heavy atom. The monoisotopic (exact) mass is 485 g/mol. The summed E-state index contributed by atoms with van der Waals surface area (Å²) < 4.78 is 44.1. The first-order valence-electron chi connectivity index (χ1n) is 8.68. The van der Waals surface area contributed by atoms with E-state index in [2.05, 4.69) is 0 Å². The standard InChI is InChI=1S/C19H11ClF3N3O7/c1-33-14-6-8(5-13(15(14)27)26(31)32)4-10-16(28)24-18(30)25(17(10)29)12-7-9(19(21,22)23)2-3-11(12)20/h2-7,27H,1H3,(H,24,28,30)/b10-4+. The van der Waals surface area contributed by atoms with Gasteiger partial charge in [0.15, 0.2) is 5.75 Å². The molecule has 1 aliphatic heterocycles. The maximum absolute atomic E-state index is 13.1. The van der Waals surface area contributed by atoms with Gasteiger partial charge < -0.3 is 9.84 Å². The molecular formula is C19H11ClF3N3O7. The number of aromatic hydroxyl groups is 1. The molecule has 1 heterocycles. The summed E-state index contributed by atoms with van der Waals surface area (Å²) in [5.41, 5.74) is -3.55. The zero-order valence-electron chi connectivity index (χ0n) is 16.3. The number of nitrogens with zero attached hydrogens (tertiary/aromatic N) is 2. The van der Waals surface area contributed by atoms with Crippen LogP contribution in [0, 0.1) is 10.1 Å². The third-order valence-electron chi connectivity index (χ3n) is 4.42. The number of halogens is 4. The lowest BCUT2D eigenvalue weighted by atomic mass is 10.0. The Hall–Kier alpha value is -4.13. The highest BCUT2D eigenvalue weighted by Crippen LogP contribution is 2.39. The van der Waals surface area contributed by atoms with Crippen molar-refractivity contribution in [2.24, 2.45) is 0 Å². The van der Waals surface area contributed by atoms with Crippen molar-refractivity contribution in [3.05, 3.63) is 62.2 Å². The maximum atomic E-state index is 13.1. The number of benzene rings is 2. The van der Waals surface area contributed by atoms with E-state index in [1.807, 2.05) is 0 Å². The van der Waals surface area contributed by atoms with Crippen molar-refractivity contribution >= 4 is 46.9 Å². The summed E-state index contributed by atoms with van der Waals surface area (Å²) in [5.74, 6) is -3.70. The minimum Gasteiger partial charge on any atom is -0.500 e. The molecule has 2 N–H and O–H groups in total. The quantitative estimate of drug-likeness (QED) is 0.291. The van der Waals surface area contributed by atoms with Gasteiger partial charge in [-0.3, -0.25) is 25.0 Å². The average molecular weight is 486 g/mol. The number of phenols is 1. The summed E-state index contributed by atoms with van der Waals surface area (Å²) in [6, 6.07) is 2.47. The van der Waals surface area contributed by atoms with Crippen LogP contribution in [0.15, 0.2) is 35.9 Å². The number of nitrogens with one attached hydrogen (secondary N) is 1. The number of rotatable bonds is 4.